The van der Waals surface area contributed by atoms with Crippen molar-refractivity contribution < 1.29 is 5.11 Å². The van der Waals surface area contributed by atoms with E-state index >= 15 is 0 Å². The van der Waals surface area contributed by atoms with E-state index in [1.165, 1.54) is 0 Å². The van der Waals surface area contributed by atoms with Gasteiger partial charge in [-0.25, -0.2) is 0 Å². The molecule has 122 valence electrons. The molecule has 21 heavy (non-hydrogen) atoms. The van der Waals surface area contributed by atoms with E-state index in [-0.39, 0.29) is 24.8 Å². The molecule has 1 heterocycles. The minimum Gasteiger partial charge on any atom is -0.508 e. The van der Waals surface area contributed by atoms with Gasteiger partial charge in [0.05, 0.1) is 0 Å². The average Bonchev–Trinajstić information content (AvgIpc) is 2.37. The molecule has 0 radical (unpaired) electrons. The highest BCUT2D eigenvalue weighted by Gasteiger charge is 2.25. The first kappa shape index (κ1) is 21.0. The zero-order valence-corrected chi connectivity index (χ0v) is 15.7. The predicted molar refractivity (Wildman–Crippen MR) is 96.9 cm³/mol. The van der Waals surface area contributed by atoms with E-state index in [2.05, 4.69) is 46.1 Å². The maximum absolute atomic E-state index is 10.2. The van der Waals surface area contributed by atoms with Crippen LogP contribution >= 0.6 is 40.7 Å². The summed E-state index contributed by atoms with van der Waals surface area (Å²) in [7, 11) is 0. The molecule has 1 aromatic rings. The van der Waals surface area contributed by atoms with Crippen LogP contribution in [-0.2, 0) is 0 Å². The summed E-state index contributed by atoms with van der Waals surface area (Å²) >= 11 is 3.41. The first-order valence-corrected chi connectivity index (χ1v) is 7.80. The maximum atomic E-state index is 10.2. The lowest BCUT2D eigenvalue weighted by molar-refractivity contribution is 0.151. The summed E-state index contributed by atoms with van der Waals surface area (Å²) in [6.45, 7) is 8.65. The lowest BCUT2D eigenvalue weighted by Crippen LogP contribution is -2.45. The highest BCUT2D eigenvalue weighted by atomic mass is 79.9. The van der Waals surface area contributed by atoms with Gasteiger partial charge in [-0.3, -0.25) is 4.90 Å². The molecule has 1 atom stereocenters. The Bertz CT molecular complexity index is 426. The fraction of sp³-hybridized carbons (Fsp3) is 0.600. The van der Waals surface area contributed by atoms with Crippen molar-refractivity contribution >= 4 is 40.7 Å². The molecule has 0 saturated carbocycles. The van der Waals surface area contributed by atoms with Crippen LogP contribution in [-0.4, -0.2) is 36.2 Å². The van der Waals surface area contributed by atoms with Crippen LogP contribution in [0.1, 0.15) is 31.9 Å². The molecule has 0 bridgehead atoms. The van der Waals surface area contributed by atoms with Crippen molar-refractivity contribution in [2.24, 2.45) is 5.92 Å². The lowest BCUT2D eigenvalue weighted by Gasteiger charge is -2.36. The zero-order valence-electron chi connectivity index (χ0n) is 12.5. The monoisotopic (exact) mass is 398 g/mol. The molecule has 0 aromatic heterocycles. The molecular formula is C15H25BrCl2N2O. The first-order valence-electron chi connectivity index (χ1n) is 7.01. The largest absolute Gasteiger partial charge is 0.508 e. The van der Waals surface area contributed by atoms with E-state index in [0.29, 0.717) is 17.7 Å². The second-order valence-corrected chi connectivity index (χ2v) is 6.55. The molecule has 1 aliphatic heterocycles. The van der Waals surface area contributed by atoms with Gasteiger partial charge >= 0.3 is 0 Å². The van der Waals surface area contributed by atoms with Gasteiger partial charge in [-0.1, -0.05) is 35.8 Å². The third-order valence-electron chi connectivity index (χ3n) is 3.64. The summed E-state index contributed by atoms with van der Waals surface area (Å²) in [6, 6.07) is 6.18. The molecule has 2 rings (SSSR count). The summed E-state index contributed by atoms with van der Waals surface area (Å²) in [5, 5.41) is 13.6. The number of halogens is 3. The van der Waals surface area contributed by atoms with Crippen LogP contribution in [0.4, 0.5) is 0 Å². The fourth-order valence-electron chi connectivity index (χ4n) is 2.71. The highest BCUT2D eigenvalue weighted by molar-refractivity contribution is 9.10. The van der Waals surface area contributed by atoms with Crippen LogP contribution in [0.25, 0.3) is 0 Å². The molecule has 0 unspecified atom stereocenters. The van der Waals surface area contributed by atoms with Crippen molar-refractivity contribution in [3.63, 3.8) is 0 Å². The number of rotatable bonds is 4. The van der Waals surface area contributed by atoms with Gasteiger partial charge in [-0.05, 0) is 24.5 Å². The van der Waals surface area contributed by atoms with Gasteiger partial charge in [0, 0.05) is 42.3 Å². The smallest absolute Gasteiger partial charge is 0.121 e. The Morgan fingerprint density at radius 1 is 1.24 bits per heavy atom. The molecule has 1 saturated heterocycles. The van der Waals surface area contributed by atoms with E-state index in [4.69, 9.17) is 0 Å². The Morgan fingerprint density at radius 2 is 1.86 bits per heavy atom. The molecule has 6 heteroatoms. The molecule has 2 N–H and O–H groups in total. The molecular weight excluding hydrogens is 375 g/mol. The molecule has 0 amide bonds. The number of phenols is 1. The van der Waals surface area contributed by atoms with Crippen LogP contribution in [0, 0.1) is 5.92 Å². The molecule has 0 aliphatic carbocycles. The van der Waals surface area contributed by atoms with Gasteiger partial charge in [-0.2, -0.15) is 0 Å². The number of aromatic hydroxyl groups is 1. The summed E-state index contributed by atoms with van der Waals surface area (Å²) in [4.78, 5) is 2.49. The standard InChI is InChI=1S/C15H23BrN2O.2ClH/c1-11(2)9-14(18-7-5-17-6-8-18)13-4-3-12(16)10-15(13)19;;/h3-4,10-11,14,17,19H,5-9H2,1-2H3;2*1H/t14-;;/m0../s1. The number of nitrogens with zero attached hydrogens (tertiary/aromatic N) is 1. The van der Waals surface area contributed by atoms with Crippen molar-refractivity contribution in [3.8, 4) is 5.75 Å². The Hall–Kier alpha value is -0.000000000000000111. The van der Waals surface area contributed by atoms with Gasteiger partial charge in [0.15, 0.2) is 0 Å². The molecule has 0 spiro atoms. The average molecular weight is 400 g/mol. The van der Waals surface area contributed by atoms with Crippen molar-refractivity contribution in [3.05, 3.63) is 28.2 Å². The highest BCUT2D eigenvalue weighted by Crippen LogP contribution is 2.35. The summed E-state index contributed by atoms with van der Waals surface area (Å²) in [5.74, 6) is 1.02. The number of hydrogen-bond donors (Lipinski definition) is 2. The first-order chi connectivity index (χ1) is 9.08. The van der Waals surface area contributed by atoms with Gasteiger partial charge in [-0.15, -0.1) is 24.8 Å². The van der Waals surface area contributed by atoms with Crippen LogP contribution < -0.4 is 5.32 Å². The summed E-state index contributed by atoms with van der Waals surface area (Å²) in [5.41, 5.74) is 1.05. The number of phenolic OH excluding ortho intramolecular Hbond substituents is 1. The summed E-state index contributed by atoms with van der Waals surface area (Å²) in [6.07, 6.45) is 1.08. The Kier molecular flexibility index (Phi) is 9.90. The van der Waals surface area contributed by atoms with Gasteiger partial charge < -0.3 is 10.4 Å². The second-order valence-electron chi connectivity index (χ2n) is 5.63. The number of hydrogen-bond acceptors (Lipinski definition) is 3. The van der Waals surface area contributed by atoms with Gasteiger partial charge in [0.2, 0.25) is 0 Å². The van der Waals surface area contributed by atoms with Crippen molar-refractivity contribution in [2.45, 2.75) is 26.3 Å². The summed E-state index contributed by atoms with van der Waals surface area (Å²) < 4.78 is 0.928. The molecule has 1 fully saturated rings. The Balaban J connectivity index is 0.00000200. The van der Waals surface area contributed by atoms with Crippen LogP contribution in [0.5, 0.6) is 5.75 Å². The van der Waals surface area contributed by atoms with Crippen LogP contribution in [0.15, 0.2) is 22.7 Å². The van der Waals surface area contributed by atoms with E-state index in [1.54, 1.807) is 6.07 Å². The van der Waals surface area contributed by atoms with Crippen LogP contribution in [0.2, 0.25) is 0 Å². The van der Waals surface area contributed by atoms with Crippen molar-refractivity contribution in [1.82, 2.24) is 10.2 Å². The number of piperazine rings is 1. The van der Waals surface area contributed by atoms with Crippen molar-refractivity contribution in [1.29, 1.82) is 0 Å². The quantitative estimate of drug-likeness (QED) is 0.803. The third-order valence-corrected chi connectivity index (χ3v) is 4.13. The minimum atomic E-state index is 0. The number of benzene rings is 1. The Labute approximate surface area is 148 Å². The SMILES string of the molecule is CC(C)C[C@@H](c1ccc(Br)cc1O)N1CCNCC1.Cl.Cl. The molecule has 3 nitrogen and oxygen atoms in total. The van der Waals surface area contributed by atoms with E-state index in [1.807, 2.05) is 6.07 Å². The lowest BCUT2D eigenvalue weighted by atomic mass is 9.94. The van der Waals surface area contributed by atoms with E-state index < -0.39 is 0 Å². The third kappa shape index (κ3) is 5.95. The zero-order chi connectivity index (χ0) is 13.8. The van der Waals surface area contributed by atoms with Gasteiger partial charge in [0.1, 0.15) is 5.75 Å². The maximum Gasteiger partial charge on any atom is 0.121 e. The molecule has 1 aliphatic rings. The Morgan fingerprint density at radius 3 is 2.38 bits per heavy atom. The minimum absolute atomic E-state index is 0. The van der Waals surface area contributed by atoms with Crippen LogP contribution in [0.3, 0.4) is 0 Å². The second kappa shape index (κ2) is 9.90. The van der Waals surface area contributed by atoms with Crippen molar-refractivity contribution in [2.75, 3.05) is 26.2 Å². The fourth-order valence-corrected chi connectivity index (χ4v) is 3.06. The predicted octanol–water partition coefficient (Wildman–Crippen LogP) is 3.99. The van der Waals surface area contributed by atoms with E-state index in [0.717, 1.165) is 42.6 Å². The number of nitrogens with one attached hydrogen (secondary N) is 1. The van der Waals surface area contributed by atoms with E-state index in [9.17, 15) is 5.11 Å². The normalized spacial score (nSPS) is 17.0. The van der Waals surface area contributed by atoms with Gasteiger partial charge in [0.25, 0.3) is 0 Å². The topological polar surface area (TPSA) is 35.5 Å². The molecule has 1 aromatic carbocycles.